The highest BCUT2D eigenvalue weighted by atomic mass is 32.1. The number of halogens is 1. The van der Waals surface area contributed by atoms with Gasteiger partial charge >= 0.3 is 6.09 Å². The van der Waals surface area contributed by atoms with Crippen molar-refractivity contribution in [2.45, 2.75) is 32.8 Å². The molecule has 0 fully saturated rings. The van der Waals surface area contributed by atoms with E-state index in [1.165, 1.54) is 23.5 Å². The zero-order valence-corrected chi connectivity index (χ0v) is 24.2. The van der Waals surface area contributed by atoms with Gasteiger partial charge in [0.1, 0.15) is 35.2 Å². The third kappa shape index (κ3) is 8.22. The van der Waals surface area contributed by atoms with E-state index in [0.29, 0.717) is 22.7 Å². The Labute approximate surface area is 246 Å². The van der Waals surface area contributed by atoms with E-state index in [1.54, 1.807) is 33.0 Å². The van der Waals surface area contributed by atoms with Crippen molar-refractivity contribution in [1.82, 2.24) is 20.8 Å². The molecule has 0 saturated carbocycles. The fourth-order valence-electron chi connectivity index (χ4n) is 4.00. The number of benzene rings is 2. The molecule has 0 aliphatic heterocycles. The van der Waals surface area contributed by atoms with Gasteiger partial charge in [0.15, 0.2) is 6.19 Å². The number of thiophene rings is 1. The van der Waals surface area contributed by atoms with Gasteiger partial charge in [-0.05, 0) is 49.9 Å². The second-order valence-corrected chi connectivity index (χ2v) is 11.0. The predicted molar refractivity (Wildman–Crippen MR) is 156 cm³/mol. The number of nitrogens with one attached hydrogen (secondary N) is 2. The summed E-state index contributed by atoms with van der Waals surface area (Å²) in [6.45, 7) is 6.27. The molecule has 2 N–H and O–H groups in total. The van der Waals surface area contributed by atoms with Crippen molar-refractivity contribution in [3.8, 4) is 34.5 Å². The summed E-state index contributed by atoms with van der Waals surface area (Å²) >= 11 is 1.49. The van der Waals surface area contributed by atoms with E-state index in [4.69, 9.17) is 19.5 Å². The van der Waals surface area contributed by atoms with Crippen LogP contribution in [0.1, 0.15) is 26.3 Å². The maximum atomic E-state index is 14.2. The third-order valence-corrected chi connectivity index (χ3v) is 6.69. The van der Waals surface area contributed by atoms with Crippen molar-refractivity contribution in [3.05, 3.63) is 65.3 Å². The van der Waals surface area contributed by atoms with Gasteiger partial charge in [-0.25, -0.2) is 9.18 Å². The monoisotopic (exact) mass is 591 g/mol. The van der Waals surface area contributed by atoms with E-state index in [-0.39, 0.29) is 38.7 Å². The molecule has 4 rings (SSSR count). The number of hydrogen-bond donors (Lipinski definition) is 2. The maximum Gasteiger partial charge on any atom is 0.407 e. The van der Waals surface area contributed by atoms with Crippen LogP contribution < -0.4 is 15.4 Å². The number of amides is 2. The zero-order valence-electron chi connectivity index (χ0n) is 23.4. The van der Waals surface area contributed by atoms with E-state index >= 15 is 0 Å². The molecular weight excluding hydrogens is 561 g/mol. The molecule has 12 heteroatoms. The Morgan fingerprint density at radius 2 is 1.79 bits per heavy atom. The average molecular weight is 592 g/mol. The first-order valence-electron chi connectivity index (χ1n) is 13.1. The van der Waals surface area contributed by atoms with Crippen LogP contribution in [0, 0.1) is 17.3 Å². The summed E-state index contributed by atoms with van der Waals surface area (Å²) < 4.78 is 31.6. The molecule has 2 amide bonds. The Hall–Kier alpha value is -4.60. The maximum absolute atomic E-state index is 14.2. The lowest BCUT2D eigenvalue weighted by atomic mass is 10.0. The highest BCUT2D eigenvalue weighted by Gasteiger charge is 2.18. The first-order valence-corrected chi connectivity index (χ1v) is 14.0. The van der Waals surface area contributed by atoms with Gasteiger partial charge in [-0.15, -0.1) is 21.5 Å². The topological polar surface area (TPSA) is 135 Å². The molecule has 0 spiro atoms. The minimum atomic E-state index is -0.577. The van der Waals surface area contributed by atoms with Gasteiger partial charge in [-0.1, -0.05) is 24.3 Å². The summed E-state index contributed by atoms with van der Waals surface area (Å²) in [5.74, 6) is -0.525. The van der Waals surface area contributed by atoms with Gasteiger partial charge in [0.2, 0.25) is 5.91 Å². The molecule has 0 radical (unpaired) electrons. The molecule has 218 valence electrons. The second-order valence-electron chi connectivity index (χ2n) is 10.1. The second kappa shape index (κ2) is 13.8. The molecule has 42 heavy (non-hydrogen) atoms. The van der Waals surface area contributed by atoms with E-state index in [9.17, 15) is 14.0 Å². The van der Waals surface area contributed by atoms with E-state index in [2.05, 4.69) is 20.8 Å². The Balaban J connectivity index is 1.43. The molecule has 0 atom stereocenters. The first kappa shape index (κ1) is 30.4. The van der Waals surface area contributed by atoms with Gasteiger partial charge in [0.25, 0.3) is 0 Å². The summed E-state index contributed by atoms with van der Waals surface area (Å²) in [6.07, 6.45) is 1.20. The largest absolute Gasteiger partial charge is 0.490 e. The van der Waals surface area contributed by atoms with Crippen LogP contribution in [0.2, 0.25) is 0 Å². The smallest absolute Gasteiger partial charge is 0.407 e. The van der Waals surface area contributed by atoms with Crippen LogP contribution in [0.4, 0.5) is 9.18 Å². The lowest BCUT2D eigenvalue weighted by molar-refractivity contribution is -0.119. The minimum Gasteiger partial charge on any atom is -0.490 e. The lowest BCUT2D eigenvalue weighted by Crippen LogP contribution is -2.34. The molecule has 2 aromatic carbocycles. The summed E-state index contributed by atoms with van der Waals surface area (Å²) in [4.78, 5) is 23.4. The number of fused-ring (bicyclic) bond motifs is 1. The van der Waals surface area contributed by atoms with Crippen molar-refractivity contribution < 1.29 is 28.2 Å². The lowest BCUT2D eigenvalue weighted by Gasteiger charge is -2.19. The van der Waals surface area contributed by atoms with Crippen LogP contribution >= 0.6 is 11.3 Å². The van der Waals surface area contributed by atoms with Crippen LogP contribution in [0.3, 0.4) is 0 Å². The summed E-state index contributed by atoms with van der Waals surface area (Å²) in [5, 5.41) is 25.1. The number of alkyl carbamates (subject to hydrolysis) is 1. The number of rotatable bonds is 11. The molecule has 0 bridgehead atoms. The Kier molecular flexibility index (Phi) is 10.0. The zero-order chi connectivity index (χ0) is 30.1. The predicted octanol–water partition coefficient (Wildman–Crippen LogP) is 5.22. The number of hydrogen-bond acceptors (Lipinski definition) is 9. The van der Waals surface area contributed by atoms with E-state index < -0.39 is 17.5 Å². The van der Waals surface area contributed by atoms with Crippen molar-refractivity contribution in [1.29, 1.82) is 5.26 Å². The van der Waals surface area contributed by atoms with Crippen LogP contribution in [0.15, 0.2) is 53.9 Å². The average Bonchev–Trinajstić information content (AvgIpc) is 3.42. The summed E-state index contributed by atoms with van der Waals surface area (Å²) in [6, 6.07) is 13.5. The molecule has 0 unspecified atom stereocenters. The Morgan fingerprint density at radius 3 is 2.52 bits per heavy atom. The molecule has 0 aliphatic carbocycles. The standard InChI is InChI=1S/C30H30FN5O5S/c1-30(2,3)41-29(38)33-11-12-39-13-14-40-24-17-21(31)8-9-22(24)27-28-23(10-15-42-28)26(35-36-27)20-6-4-19(5-7-20)16-25(37)34-18-32/h4-10,15,17H,11-14,16H2,1-3H3,(H,33,38)(H,34,37). The van der Waals surface area contributed by atoms with E-state index in [0.717, 1.165) is 21.2 Å². The minimum absolute atomic E-state index is 0.0909. The van der Waals surface area contributed by atoms with Crippen molar-refractivity contribution >= 4 is 33.4 Å². The van der Waals surface area contributed by atoms with Gasteiger partial charge in [0, 0.05) is 29.1 Å². The molecular formula is C30H30FN5O5S. The number of carbonyl (C=O) groups excluding carboxylic acids is 2. The van der Waals surface area contributed by atoms with Crippen molar-refractivity contribution in [2.24, 2.45) is 0 Å². The highest BCUT2D eigenvalue weighted by Crippen LogP contribution is 2.39. The van der Waals surface area contributed by atoms with E-state index in [1.807, 2.05) is 35.7 Å². The quantitative estimate of drug-likeness (QED) is 0.138. The van der Waals surface area contributed by atoms with Crippen LogP contribution in [0.5, 0.6) is 5.75 Å². The number of nitriles is 1. The Morgan fingerprint density at radius 1 is 1.02 bits per heavy atom. The fraction of sp³-hybridized carbons (Fsp3) is 0.300. The van der Waals surface area contributed by atoms with Gasteiger partial charge in [-0.3, -0.25) is 10.1 Å². The van der Waals surface area contributed by atoms with Crippen LogP contribution in [0.25, 0.3) is 32.6 Å². The van der Waals surface area contributed by atoms with Crippen LogP contribution in [-0.4, -0.2) is 54.2 Å². The van der Waals surface area contributed by atoms with Crippen molar-refractivity contribution in [2.75, 3.05) is 26.4 Å². The number of aromatic nitrogens is 2. The van der Waals surface area contributed by atoms with Gasteiger partial charge in [-0.2, -0.15) is 5.26 Å². The number of nitrogens with zero attached hydrogens (tertiary/aromatic N) is 3. The Bertz CT molecular complexity index is 1590. The van der Waals surface area contributed by atoms with Gasteiger partial charge in [0.05, 0.1) is 24.3 Å². The molecule has 2 aromatic heterocycles. The van der Waals surface area contributed by atoms with Crippen LogP contribution in [-0.2, 0) is 20.7 Å². The number of carbonyl (C=O) groups is 2. The molecule has 0 aliphatic rings. The molecule has 4 aromatic rings. The van der Waals surface area contributed by atoms with Crippen molar-refractivity contribution in [3.63, 3.8) is 0 Å². The normalized spacial score (nSPS) is 11.1. The summed E-state index contributed by atoms with van der Waals surface area (Å²) in [7, 11) is 0. The molecule has 10 nitrogen and oxygen atoms in total. The SMILES string of the molecule is CC(C)(C)OC(=O)NCCOCCOc1cc(F)ccc1-c1nnc(-c2ccc(CC(=O)NC#N)cc2)c2ccsc12. The molecule has 2 heterocycles. The summed E-state index contributed by atoms with van der Waals surface area (Å²) in [5.41, 5.74) is 2.82. The molecule has 0 saturated heterocycles. The first-order chi connectivity index (χ1) is 20.1. The third-order valence-electron chi connectivity index (χ3n) is 5.77. The van der Waals surface area contributed by atoms with Gasteiger partial charge < -0.3 is 19.5 Å². The number of ether oxygens (including phenoxy) is 3. The fourth-order valence-corrected chi connectivity index (χ4v) is 4.90. The highest BCUT2D eigenvalue weighted by molar-refractivity contribution is 7.17.